The highest BCUT2D eigenvalue weighted by atomic mass is 31.2. The van der Waals surface area contributed by atoms with Gasteiger partial charge >= 0.3 is 7.87 Å². The van der Waals surface area contributed by atoms with E-state index in [-0.39, 0.29) is 0 Å². The Hall–Kier alpha value is 0.190. The molecule has 19 heavy (non-hydrogen) atoms. The molecule has 2 aliphatic rings. The van der Waals surface area contributed by atoms with Crippen LogP contribution in [-0.4, -0.2) is 99.5 Å². The van der Waals surface area contributed by atoms with Gasteiger partial charge in [0.1, 0.15) is 0 Å². The first-order chi connectivity index (χ1) is 9.10. The summed E-state index contributed by atoms with van der Waals surface area (Å²) < 4.78 is 21.2. The lowest BCUT2D eigenvalue weighted by Crippen LogP contribution is -2.54. The predicted octanol–water partition coefficient (Wildman–Crippen LogP) is 0.452. The fourth-order valence-corrected chi connectivity index (χ4v) is 7.69. The monoisotopic (exact) mass is 291 g/mol. The van der Waals surface area contributed by atoms with Gasteiger partial charge in [-0.05, 0) is 0 Å². The second kappa shape index (κ2) is 6.76. The van der Waals surface area contributed by atoms with Gasteiger partial charge in [-0.15, -0.1) is 18.7 Å². The smallest absolute Gasteiger partial charge is 0.307 e. The molecule has 7 heteroatoms. The van der Waals surface area contributed by atoms with Crippen LogP contribution < -0.4 is 0 Å². The van der Waals surface area contributed by atoms with Crippen LogP contribution in [0.4, 0.5) is 0 Å². The number of nitrogens with zero attached hydrogens (tertiary/aromatic N) is 4. The second-order valence-corrected chi connectivity index (χ2v) is 9.17. The largest absolute Gasteiger partial charge is 0.378 e. The van der Waals surface area contributed by atoms with Crippen LogP contribution >= 0.6 is 7.87 Å². The highest BCUT2D eigenvalue weighted by molar-refractivity contribution is 7.66. The van der Waals surface area contributed by atoms with Gasteiger partial charge < -0.3 is 9.47 Å². The fraction of sp³-hybridized carbons (Fsp3) is 1.00. The third-order valence-electron chi connectivity index (χ3n) is 3.81. The SMILES string of the molecule is CN(C)[P+](N(C)C)(N1CCOCC1)N1CCOCC1. The molecule has 0 bridgehead atoms. The van der Waals surface area contributed by atoms with Crippen molar-refractivity contribution >= 4 is 7.87 Å². The minimum atomic E-state index is -1.62. The minimum Gasteiger partial charge on any atom is -0.378 e. The van der Waals surface area contributed by atoms with E-state index in [4.69, 9.17) is 9.47 Å². The van der Waals surface area contributed by atoms with Crippen molar-refractivity contribution in [2.75, 3.05) is 80.8 Å². The van der Waals surface area contributed by atoms with E-state index in [0.717, 1.165) is 52.6 Å². The molecule has 0 saturated carbocycles. The number of hydrogen-bond acceptors (Lipinski definition) is 6. The maximum atomic E-state index is 5.54. The molecule has 0 aromatic rings. The highest BCUT2D eigenvalue weighted by Gasteiger charge is 2.57. The molecular formula is C12H28N4O2P+. The van der Waals surface area contributed by atoms with Gasteiger partial charge in [0, 0.05) is 28.2 Å². The van der Waals surface area contributed by atoms with Gasteiger partial charge in [-0.25, -0.2) is 0 Å². The van der Waals surface area contributed by atoms with Crippen molar-refractivity contribution in [2.24, 2.45) is 0 Å². The van der Waals surface area contributed by atoms with Gasteiger partial charge in [-0.1, -0.05) is 0 Å². The maximum absolute atomic E-state index is 5.54. The van der Waals surface area contributed by atoms with Crippen molar-refractivity contribution in [3.05, 3.63) is 0 Å². The Morgan fingerprint density at radius 2 is 1.00 bits per heavy atom. The van der Waals surface area contributed by atoms with Gasteiger partial charge in [0.15, 0.2) is 0 Å². The molecule has 112 valence electrons. The molecule has 0 radical (unpaired) electrons. The first kappa shape index (κ1) is 15.6. The number of ether oxygens (including phenoxy) is 2. The molecule has 0 N–H and O–H groups in total. The van der Waals surface area contributed by atoms with Crippen molar-refractivity contribution in [1.82, 2.24) is 18.7 Å². The molecule has 0 spiro atoms. The topological polar surface area (TPSA) is 31.4 Å². The Labute approximate surface area is 117 Å². The first-order valence-electron chi connectivity index (χ1n) is 7.01. The van der Waals surface area contributed by atoms with E-state index in [1.807, 2.05) is 0 Å². The molecule has 0 aromatic carbocycles. The zero-order chi connectivity index (χ0) is 13.9. The van der Waals surface area contributed by atoms with Gasteiger partial charge in [0.25, 0.3) is 0 Å². The van der Waals surface area contributed by atoms with Crippen LogP contribution in [0.1, 0.15) is 0 Å². The average Bonchev–Trinajstić information content (AvgIpc) is 2.41. The summed E-state index contributed by atoms with van der Waals surface area (Å²) in [6.45, 7) is 7.43. The lowest BCUT2D eigenvalue weighted by Gasteiger charge is -2.49. The summed E-state index contributed by atoms with van der Waals surface area (Å²) in [6.07, 6.45) is 0. The van der Waals surface area contributed by atoms with Gasteiger partial charge in [0.2, 0.25) is 0 Å². The summed E-state index contributed by atoms with van der Waals surface area (Å²) in [5, 5.41) is 0. The third-order valence-corrected chi connectivity index (χ3v) is 8.27. The van der Waals surface area contributed by atoms with Crippen LogP contribution in [0.2, 0.25) is 0 Å². The Kier molecular flexibility index (Phi) is 5.55. The molecule has 0 atom stereocenters. The van der Waals surface area contributed by atoms with Crippen molar-refractivity contribution in [3.63, 3.8) is 0 Å². The molecule has 6 nitrogen and oxygen atoms in total. The van der Waals surface area contributed by atoms with E-state index >= 15 is 0 Å². The van der Waals surface area contributed by atoms with Crippen molar-refractivity contribution < 1.29 is 9.47 Å². The average molecular weight is 291 g/mol. The summed E-state index contributed by atoms with van der Waals surface area (Å²) in [4.78, 5) is 0. The predicted molar refractivity (Wildman–Crippen MR) is 79.1 cm³/mol. The van der Waals surface area contributed by atoms with E-state index in [1.54, 1.807) is 0 Å². The van der Waals surface area contributed by atoms with Crippen molar-refractivity contribution in [2.45, 2.75) is 0 Å². The molecule has 2 heterocycles. The van der Waals surface area contributed by atoms with Crippen molar-refractivity contribution in [3.8, 4) is 0 Å². The van der Waals surface area contributed by atoms with Gasteiger partial charge in [0.05, 0.1) is 52.6 Å². The standard InChI is InChI=1S/C12H28N4O2P/c1-13(2)19(14(3)4,15-5-9-17-10-6-15)16-7-11-18-12-8-16/h5-12H2,1-4H3/q+1. The van der Waals surface area contributed by atoms with E-state index in [9.17, 15) is 0 Å². The van der Waals surface area contributed by atoms with Crippen LogP contribution in [0.3, 0.4) is 0 Å². The summed E-state index contributed by atoms with van der Waals surface area (Å²) in [6, 6.07) is 0. The van der Waals surface area contributed by atoms with E-state index < -0.39 is 7.87 Å². The highest BCUT2D eigenvalue weighted by Crippen LogP contribution is 2.67. The molecule has 0 amide bonds. The number of hydrogen-bond donors (Lipinski definition) is 0. The Balaban J connectivity index is 2.28. The van der Waals surface area contributed by atoms with E-state index in [1.165, 1.54) is 0 Å². The quantitative estimate of drug-likeness (QED) is 0.699. The molecule has 2 aliphatic heterocycles. The summed E-state index contributed by atoms with van der Waals surface area (Å²) in [5.74, 6) is 0. The zero-order valence-corrected chi connectivity index (χ0v) is 13.6. The molecule has 0 aromatic heterocycles. The summed E-state index contributed by atoms with van der Waals surface area (Å²) in [5.41, 5.74) is 0. The zero-order valence-electron chi connectivity index (χ0n) is 12.7. The van der Waals surface area contributed by atoms with E-state index in [2.05, 4.69) is 46.9 Å². The molecule has 2 fully saturated rings. The Bertz CT molecular complexity index is 251. The lowest BCUT2D eigenvalue weighted by molar-refractivity contribution is 0.0456. The summed E-state index contributed by atoms with van der Waals surface area (Å²) in [7, 11) is 7.21. The van der Waals surface area contributed by atoms with Crippen LogP contribution in [0.15, 0.2) is 0 Å². The molecule has 0 unspecified atom stereocenters. The number of morpholine rings is 2. The van der Waals surface area contributed by atoms with Gasteiger partial charge in [-0.2, -0.15) is 0 Å². The fourth-order valence-electron chi connectivity index (χ4n) is 3.19. The van der Waals surface area contributed by atoms with E-state index in [0.29, 0.717) is 0 Å². The van der Waals surface area contributed by atoms with Crippen molar-refractivity contribution in [1.29, 1.82) is 0 Å². The summed E-state index contributed by atoms with van der Waals surface area (Å²) >= 11 is 0. The molecular weight excluding hydrogens is 263 g/mol. The van der Waals surface area contributed by atoms with Crippen LogP contribution in [0, 0.1) is 0 Å². The second-order valence-electron chi connectivity index (χ2n) is 5.36. The molecule has 0 aliphatic carbocycles. The maximum Gasteiger partial charge on any atom is 0.307 e. The Morgan fingerprint density at radius 1 is 0.684 bits per heavy atom. The van der Waals surface area contributed by atoms with Gasteiger partial charge in [-0.3, -0.25) is 0 Å². The number of rotatable bonds is 4. The molecule has 2 saturated heterocycles. The Morgan fingerprint density at radius 3 is 1.26 bits per heavy atom. The minimum absolute atomic E-state index is 0.841. The lowest BCUT2D eigenvalue weighted by atomic mass is 10.5. The normalized spacial score (nSPS) is 24.3. The van der Waals surface area contributed by atoms with Crippen LogP contribution in [0.25, 0.3) is 0 Å². The molecule has 2 rings (SSSR count). The van der Waals surface area contributed by atoms with Crippen LogP contribution in [0.5, 0.6) is 0 Å². The van der Waals surface area contributed by atoms with Crippen LogP contribution in [-0.2, 0) is 9.47 Å². The first-order valence-corrected chi connectivity index (χ1v) is 8.61. The third kappa shape index (κ3) is 2.95.